The van der Waals surface area contributed by atoms with E-state index in [4.69, 9.17) is 10.2 Å². The van der Waals surface area contributed by atoms with Gasteiger partial charge in [-0.1, -0.05) is 0 Å². The van der Waals surface area contributed by atoms with Crippen LogP contribution in [0, 0.1) is 6.92 Å². The summed E-state index contributed by atoms with van der Waals surface area (Å²) in [6.07, 6.45) is 1.68. The lowest BCUT2D eigenvalue weighted by molar-refractivity contribution is 0.0827. The molecule has 2 aromatic rings. The van der Waals surface area contributed by atoms with Crippen LogP contribution in [-0.2, 0) is 0 Å². The highest BCUT2D eigenvalue weighted by Crippen LogP contribution is 2.25. The maximum absolute atomic E-state index is 11.9. The smallest absolute Gasteiger partial charge is 0.253 e. The summed E-state index contributed by atoms with van der Waals surface area (Å²) < 4.78 is 5.48. The number of anilines is 2. The molecule has 0 aliphatic rings. The van der Waals surface area contributed by atoms with Crippen molar-refractivity contribution in [3.05, 3.63) is 41.6 Å². The molecule has 1 atom stereocenters. The number of benzene rings is 1. The molecule has 1 aromatic carbocycles. The van der Waals surface area contributed by atoms with E-state index in [0.29, 0.717) is 17.1 Å². The predicted octanol–water partition coefficient (Wildman–Crippen LogP) is 2.44. The Labute approximate surface area is 124 Å². The molecule has 1 aromatic heterocycles. The van der Waals surface area contributed by atoms with Crippen LogP contribution < -0.4 is 11.1 Å². The topological polar surface area (TPSA) is 84.4 Å². The number of nitrogen functional groups attached to an aromatic ring is 1. The van der Waals surface area contributed by atoms with E-state index in [1.54, 1.807) is 38.5 Å². The maximum atomic E-state index is 11.9. The highest BCUT2D eigenvalue weighted by Gasteiger charge is 2.14. The molecular formula is C15H20N4O2. The van der Waals surface area contributed by atoms with Gasteiger partial charge in [0.15, 0.2) is 0 Å². The summed E-state index contributed by atoms with van der Waals surface area (Å²) in [6.45, 7) is 3.78. The first-order valence-electron chi connectivity index (χ1n) is 6.68. The second-order valence-electron chi connectivity index (χ2n) is 5.18. The van der Waals surface area contributed by atoms with Crippen molar-refractivity contribution in [2.75, 3.05) is 25.1 Å². The third kappa shape index (κ3) is 3.34. The molecule has 2 rings (SSSR count). The van der Waals surface area contributed by atoms with Gasteiger partial charge in [0.25, 0.3) is 5.91 Å². The fourth-order valence-corrected chi connectivity index (χ4v) is 1.95. The number of aryl methyl sites for hydroxylation is 1. The van der Waals surface area contributed by atoms with Crippen LogP contribution in [0.25, 0.3) is 0 Å². The molecule has 0 saturated heterocycles. The highest BCUT2D eigenvalue weighted by atomic mass is 16.4. The minimum absolute atomic E-state index is 0.0791. The number of hydrogen-bond donors (Lipinski definition) is 2. The second-order valence-corrected chi connectivity index (χ2v) is 5.18. The van der Waals surface area contributed by atoms with Crippen LogP contribution in [0.4, 0.5) is 11.4 Å². The summed E-state index contributed by atoms with van der Waals surface area (Å²) in [5.41, 5.74) is 7.82. The molecule has 21 heavy (non-hydrogen) atoms. The van der Waals surface area contributed by atoms with Crippen LogP contribution >= 0.6 is 0 Å². The van der Waals surface area contributed by atoms with Gasteiger partial charge in [0.2, 0.25) is 5.89 Å². The van der Waals surface area contributed by atoms with Crippen molar-refractivity contribution in [1.82, 2.24) is 9.88 Å². The normalized spacial score (nSPS) is 12.0. The van der Waals surface area contributed by atoms with Crippen molar-refractivity contribution in [3.8, 4) is 0 Å². The first kappa shape index (κ1) is 14.9. The Hall–Kier alpha value is -2.50. The standard InChI is InChI=1S/C15H20N4O2/c1-9-8-17-14(21-9)10(2)18-13-6-5-11(7-12(13)16)15(20)19(3)4/h5-8,10,18H,16H2,1-4H3. The largest absolute Gasteiger partial charge is 0.444 e. The molecule has 0 aliphatic heterocycles. The number of aromatic nitrogens is 1. The van der Waals surface area contributed by atoms with E-state index in [9.17, 15) is 4.79 Å². The molecule has 0 aliphatic carbocycles. The summed E-state index contributed by atoms with van der Waals surface area (Å²) in [4.78, 5) is 17.6. The van der Waals surface area contributed by atoms with E-state index in [1.165, 1.54) is 4.90 Å². The first-order chi connectivity index (χ1) is 9.88. The number of oxazole rings is 1. The van der Waals surface area contributed by atoms with Gasteiger partial charge in [-0.05, 0) is 32.0 Å². The average molecular weight is 288 g/mol. The average Bonchev–Trinajstić information content (AvgIpc) is 2.86. The zero-order valence-corrected chi connectivity index (χ0v) is 12.7. The minimum Gasteiger partial charge on any atom is -0.444 e. The summed E-state index contributed by atoms with van der Waals surface area (Å²) in [5, 5.41) is 3.23. The number of nitrogens with zero attached hydrogens (tertiary/aromatic N) is 2. The number of carbonyl (C=O) groups is 1. The number of rotatable bonds is 4. The van der Waals surface area contributed by atoms with Gasteiger partial charge in [0.1, 0.15) is 11.8 Å². The van der Waals surface area contributed by atoms with Crippen LogP contribution in [0.5, 0.6) is 0 Å². The molecule has 0 fully saturated rings. The highest BCUT2D eigenvalue weighted by molar-refractivity contribution is 5.95. The third-order valence-corrected chi connectivity index (χ3v) is 3.09. The molecule has 3 N–H and O–H groups in total. The van der Waals surface area contributed by atoms with Gasteiger partial charge < -0.3 is 20.4 Å². The van der Waals surface area contributed by atoms with Crippen LogP contribution in [0.15, 0.2) is 28.8 Å². The number of hydrogen-bond acceptors (Lipinski definition) is 5. The Morgan fingerprint density at radius 2 is 2.14 bits per heavy atom. The van der Waals surface area contributed by atoms with Crippen molar-refractivity contribution in [1.29, 1.82) is 0 Å². The number of nitrogens with two attached hydrogens (primary N) is 1. The number of carbonyl (C=O) groups excluding carboxylic acids is 1. The van der Waals surface area contributed by atoms with E-state index >= 15 is 0 Å². The van der Waals surface area contributed by atoms with E-state index in [1.807, 2.05) is 13.8 Å². The van der Waals surface area contributed by atoms with Crippen LogP contribution in [0.3, 0.4) is 0 Å². The van der Waals surface area contributed by atoms with Crippen LogP contribution in [-0.4, -0.2) is 29.9 Å². The van der Waals surface area contributed by atoms with E-state index in [2.05, 4.69) is 10.3 Å². The van der Waals surface area contributed by atoms with Gasteiger partial charge in [0.05, 0.1) is 17.6 Å². The molecule has 1 amide bonds. The van der Waals surface area contributed by atoms with Gasteiger partial charge in [-0.3, -0.25) is 4.79 Å². The molecule has 0 radical (unpaired) electrons. The number of nitrogens with one attached hydrogen (secondary N) is 1. The van der Waals surface area contributed by atoms with Gasteiger partial charge in [-0.25, -0.2) is 4.98 Å². The molecule has 1 heterocycles. The van der Waals surface area contributed by atoms with E-state index in [0.717, 1.165) is 11.4 Å². The molecular weight excluding hydrogens is 268 g/mol. The van der Waals surface area contributed by atoms with E-state index < -0.39 is 0 Å². The Kier molecular flexibility index (Phi) is 4.16. The van der Waals surface area contributed by atoms with E-state index in [-0.39, 0.29) is 11.9 Å². The van der Waals surface area contributed by atoms with Crippen molar-refractivity contribution in [3.63, 3.8) is 0 Å². The lowest BCUT2D eigenvalue weighted by atomic mass is 10.1. The Bertz CT molecular complexity index is 649. The molecule has 0 saturated carbocycles. The quantitative estimate of drug-likeness (QED) is 0.844. The minimum atomic E-state index is -0.114. The Morgan fingerprint density at radius 3 is 2.67 bits per heavy atom. The molecule has 0 spiro atoms. The zero-order chi connectivity index (χ0) is 15.6. The fourth-order valence-electron chi connectivity index (χ4n) is 1.95. The summed E-state index contributed by atoms with van der Waals surface area (Å²) >= 11 is 0. The van der Waals surface area contributed by atoms with Crippen molar-refractivity contribution in [2.45, 2.75) is 19.9 Å². The Balaban J connectivity index is 2.16. The Morgan fingerprint density at radius 1 is 1.43 bits per heavy atom. The summed E-state index contributed by atoms with van der Waals surface area (Å²) in [6, 6.07) is 5.09. The molecule has 6 heteroatoms. The van der Waals surface area contributed by atoms with Crippen LogP contribution in [0.1, 0.15) is 35.0 Å². The number of amides is 1. The SMILES string of the molecule is Cc1cnc(C(C)Nc2ccc(C(=O)N(C)C)cc2N)o1. The summed E-state index contributed by atoms with van der Waals surface area (Å²) in [5.74, 6) is 1.28. The molecule has 1 unspecified atom stereocenters. The van der Waals surface area contributed by atoms with Gasteiger partial charge in [-0.15, -0.1) is 0 Å². The predicted molar refractivity (Wildman–Crippen MR) is 82.1 cm³/mol. The lowest BCUT2D eigenvalue weighted by Crippen LogP contribution is -2.21. The van der Waals surface area contributed by atoms with Gasteiger partial charge >= 0.3 is 0 Å². The second kappa shape index (κ2) is 5.87. The molecule has 0 bridgehead atoms. The van der Waals surface area contributed by atoms with Gasteiger partial charge in [-0.2, -0.15) is 0 Å². The lowest BCUT2D eigenvalue weighted by Gasteiger charge is -2.16. The monoisotopic (exact) mass is 288 g/mol. The van der Waals surface area contributed by atoms with Crippen molar-refractivity contribution >= 4 is 17.3 Å². The first-order valence-corrected chi connectivity index (χ1v) is 6.68. The maximum Gasteiger partial charge on any atom is 0.253 e. The summed E-state index contributed by atoms with van der Waals surface area (Å²) in [7, 11) is 3.41. The van der Waals surface area contributed by atoms with Crippen LogP contribution in [0.2, 0.25) is 0 Å². The van der Waals surface area contributed by atoms with Gasteiger partial charge in [0, 0.05) is 19.7 Å². The molecule has 6 nitrogen and oxygen atoms in total. The zero-order valence-electron chi connectivity index (χ0n) is 12.7. The van der Waals surface area contributed by atoms with Crippen molar-refractivity contribution in [2.24, 2.45) is 0 Å². The molecule has 112 valence electrons. The van der Waals surface area contributed by atoms with Crippen molar-refractivity contribution < 1.29 is 9.21 Å². The third-order valence-electron chi connectivity index (χ3n) is 3.09. The fraction of sp³-hybridized carbons (Fsp3) is 0.333.